The average Bonchev–Trinajstić information content (AvgIpc) is 0.878. The molecule has 0 rings (SSSR count). The molecule has 0 aromatic heterocycles. The topological polar surface area (TPSA) is 454 Å². The number of hydrogen-bond donors (Lipinski definition) is 8. The maximum Gasteiger partial charge on any atom is 0.472 e. The van der Waals surface area contributed by atoms with Crippen molar-refractivity contribution in [3.63, 3.8) is 0 Å². The molecule has 0 aliphatic rings. The molecule has 0 saturated carbocycles. The third-order valence-corrected chi connectivity index (χ3v) is 23.3. The van der Waals surface area contributed by atoms with Gasteiger partial charge in [0.25, 0.3) is 0 Å². The molecule has 0 heterocycles. The number of unbranched alkanes of at least 4 members (excludes halogenated alkanes) is 44. The number of rotatable bonds is 93. The summed E-state index contributed by atoms with van der Waals surface area (Å²) >= 11 is 0. The Morgan fingerprint density at radius 1 is 0.319 bits per heavy atom. The summed E-state index contributed by atoms with van der Waals surface area (Å²) in [6, 6.07) is 0. The third-order valence-electron chi connectivity index (χ3n) is 21.3. The van der Waals surface area contributed by atoms with Crippen molar-refractivity contribution in [3.05, 3.63) is 48.6 Å². The number of phosphoric acid groups is 2. The summed E-state index contributed by atoms with van der Waals surface area (Å²) in [5.74, 6) is -5.50. The number of Topliss-reactive ketones (excluding diaryl/α,β-unsaturated/α-hetero) is 2. The molecule has 0 radical (unpaired) electrons. The van der Waals surface area contributed by atoms with Crippen molar-refractivity contribution >= 4 is 80.7 Å². The highest BCUT2D eigenvalue weighted by molar-refractivity contribution is 7.47. The third kappa shape index (κ3) is 108. The van der Waals surface area contributed by atoms with E-state index in [4.69, 9.17) is 58.4 Å². The number of carbonyl (C=O) groups excluding carboxylic acids is 10. The monoisotopic (exact) mass is 1960 g/mol. The van der Waals surface area contributed by atoms with Crippen LogP contribution in [-0.2, 0) is 104 Å². The average molecular weight is 1960 g/mol. The number of ketones is 2. The van der Waals surface area contributed by atoms with Crippen LogP contribution in [0.1, 0.15) is 454 Å². The summed E-state index contributed by atoms with van der Waals surface area (Å²) in [5, 5.41) is 15.5. The van der Waals surface area contributed by atoms with Crippen molar-refractivity contribution in [1.82, 2.24) is 16.0 Å². The second kappa shape index (κ2) is 99.2. The van der Waals surface area contributed by atoms with Gasteiger partial charge in [-0.15, -0.1) is 0 Å². The van der Waals surface area contributed by atoms with Crippen molar-refractivity contribution in [2.75, 3.05) is 72.4 Å². The summed E-state index contributed by atoms with van der Waals surface area (Å²) in [4.78, 5) is 150. The fraction of sp³-hybridized carbons (Fsp3) is 0.816. The van der Waals surface area contributed by atoms with Gasteiger partial charge in [0.2, 0.25) is 17.7 Å². The Balaban J connectivity index is -0.00000106. The molecular weight excluding hydrogens is 1770 g/mol. The minimum atomic E-state index is -4.65. The molecule has 0 aliphatic carbocycles. The summed E-state index contributed by atoms with van der Waals surface area (Å²) in [6.07, 6.45) is 76.3. The molecular formula is C103H191N5O25P2. The molecule has 788 valence electrons. The van der Waals surface area contributed by atoms with E-state index in [1.165, 1.54) is 167 Å². The number of hydrogen-bond acceptors (Lipinski definition) is 24. The normalized spacial score (nSPS) is 12.8. The van der Waals surface area contributed by atoms with Crippen LogP contribution in [0, 0.1) is 0 Å². The van der Waals surface area contributed by atoms with Crippen LogP contribution in [0.2, 0.25) is 0 Å². The number of ether oxygens (including phenoxy) is 5. The zero-order valence-corrected chi connectivity index (χ0v) is 86.1. The van der Waals surface area contributed by atoms with Gasteiger partial charge in [-0.2, -0.15) is 0 Å². The highest BCUT2D eigenvalue weighted by Crippen LogP contribution is 2.44. The molecule has 0 saturated heterocycles. The molecule has 0 spiro atoms. The molecule has 0 bridgehead atoms. The van der Waals surface area contributed by atoms with Crippen molar-refractivity contribution < 1.29 is 119 Å². The number of nitrogens with two attached hydrogens (primary N) is 2. The van der Waals surface area contributed by atoms with Gasteiger partial charge in [-0.3, -0.25) is 70.8 Å². The highest BCUT2D eigenvalue weighted by Gasteiger charge is 2.29. The van der Waals surface area contributed by atoms with Crippen LogP contribution in [0.15, 0.2) is 48.6 Å². The number of nitrogens with one attached hydrogen (secondary N) is 3. The van der Waals surface area contributed by atoms with Crippen LogP contribution in [-0.4, -0.2) is 170 Å². The van der Waals surface area contributed by atoms with E-state index in [1.807, 2.05) is 0 Å². The lowest BCUT2D eigenvalue weighted by atomic mass is 10.1. The Kier molecular flexibility index (Phi) is 99.2. The van der Waals surface area contributed by atoms with Gasteiger partial charge in [0.1, 0.15) is 18.8 Å². The van der Waals surface area contributed by atoms with Crippen LogP contribution in [0.5, 0.6) is 0 Å². The maximum absolute atomic E-state index is 12.8. The standard InChI is InChI=1S/C48H88N3O11P.C41H78NO8P.C13H21NO6.CH4/c1-3-5-7-9-11-13-15-17-19-21-23-25-27-29-31-33-47(55)59-41-44(62-48(56)34-32-30-28-26-24-22-20-18-16-14-12-10-8-6-4-2)42-61-63(57,58)60-38-37-50-45(53)36-35-43(52)40-51-46(54)39-49;1-3-5-7-9-11-13-15-17-19-21-23-25-27-29-31-33-40(43)47-37-39(38-49-51(45,46)48-36-35-42)50-41(44)34-32-30-28-26-24-22-20-18-16-14-12-10-8-6-4-2;1-13(2,3)20-12(19)7-5-10(16)14-8-9(15)4-6-11(17)18;/h17-20,44H,3-16,21-42,49H2,1-2H3,(H,50,53)(H,51,54)(H,57,58);17-20,39H,3-16,21-38,42H2,1-2H3,(H,45,46);4-8H2,1-3H3,(H,14,16)(H,17,18);1H4/b2*19-17-,20-18-;;/t44-;39-;;/m11../s1. The van der Waals surface area contributed by atoms with Gasteiger partial charge < -0.3 is 66.0 Å². The predicted octanol–water partition coefficient (Wildman–Crippen LogP) is 23.1. The number of phosphoric ester groups is 2. The SMILES string of the molecule is C.CC(C)(C)OC(=O)CCC(=O)NCC(=O)CCC(=O)O.CCCCCCCC/C=C\CCCCCCCC(=O)OC[C@H](COP(=O)(O)OCCN)OC(=O)CCCCCCC/C=C\CCCCCCCC.CCCCCCCC/C=C\CCCCCCCC(=O)OC[C@H](COP(=O)(O)OCCNC(=O)CCC(=O)CNC(=O)CN)OC(=O)CCCCCCC/C=C\CCCCCCCC. The van der Waals surface area contributed by atoms with Crippen molar-refractivity contribution in [1.29, 1.82) is 0 Å². The number of carbonyl (C=O) groups is 11. The number of carboxylic acid groups (broad SMARTS) is 1. The van der Waals surface area contributed by atoms with E-state index >= 15 is 0 Å². The molecule has 32 heteroatoms. The van der Waals surface area contributed by atoms with E-state index in [0.717, 1.165) is 148 Å². The van der Waals surface area contributed by atoms with Gasteiger partial charge in [-0.05, 0) is 149 Å². The quantitative estimate of drug-likeness (QED) is 0.00921. The van der Waals surface area contributed by atoms with Gasteiger partial charge in [-0.25, -0.2) is 9.13 Å². The minimum absolute atomic E-state index is 0. The summed E-state index contributed by atoms with van der Waals surface area (Å²) in [5.41, 5.74) is 9.92. The number of amides is 3. The van der Waals surface area contributed by atoms with Crippen LogP contribution < -0.4 is 27.4 Å². The largest absolute Gasteiger partial charge is 0.481 e. The lowest BCUT2D eigenvalue weighted by Crippen LogP contribution is -2.35. The molecule has 30 nitrogen and oxygen atoms in total. The van der Waals surface area contributed by atoms with Crippen molar-refractivity contribution in [3.8, 4) is 0 Å². The molecule has 2 unspecified atom stereocenters. The van der Waals surface area contributed by atoms with Gasteiger partial charge >= 0.3 is 51.5 Å². The van der Waals surface area contributed by atoms with Crippen LogP contribution in [0.3, 0.4) is 0 Å². The molecule has 4 atom stereocenters. The van der Waals surface area contributed by atoms with Crippen molar-refractivity contribution in [2.24, 2.45) is 11.5 Å². The Morgan fingerprint density at radius 3 is 0.896 bits per heavy atom. The van der Waals surface area contributed by atoms with Crippen LogP contribution in [0.25, 0.3) is 0 Å². The van der Waals surface area contributed by atoms with E-state index in [1.54, 1.807) is 20.8 Å². The first kappa shape index (κ1) is 135. The van der Waals surface area contributed by atoms with Gasteiger partial charge in [0, 0.05) is 64.5 Å². The zero-order chi connectivity index (χ0) is 99.8. The van der Waals surface area contributed by atoms with Crippen LogP contribution in [0.4, 0.5) is 0 Å². The van der Waals surface area contributed by atoms with E-state index in [0.29, 0.717) is 19.3 Å². The summed E-state index contributed by atoms with van der Waals surface area (Å²) < 4.78 is 71.3. The first-order chi connectivity index (χ1) is 64.5. The van der Waals surface area contributed by atoms with Crippen LogP contribution >= 0.6 is 15.6 Å². The van der Waals surface area contributed by atoms with E-state index in [-0.39, 0.29) is 142 Å². The number of carboxylic acids is 1. The smallest absolute Gasteiger partial charge is 0.472 e. The van der Waals surface area contributed by atoms with E-state index < -0.39 is 100 Å². The lowest BCUT2D eigenvalue weighted by Gasteiger charge is -2.20. The summed E-state index contributed by atoms with van der Waals surface area (Å²) in [6.45, 7) is 11.2. The molecule has 0 aromatic rings. The molecule has 0 aromatic carbocycles. The number of aliphatic carboxylic acids is 1. The van der Waals surface area contributed by atoms with E-state index in [2.05, 4.69) is 92.3 Å². The maximum atomic E-state index is 12.8. The fourth-order valence-electron chi connectivity index (χ4n) is 13.5. The van der Waals surface area contributed by atoms with Gasteiger partial charge in [-0.1, -0.05) is 289 Å². The molecule has 10 N–H and O–H groups in total. The van der Waals surface area contributed by atoms with Gasteiger partial charge in [0.15, 0.2) is 23.8 Å². The zero-order valence-electron chi connectivity index (χ0n) is 84.3. The van der Waals surface area contributed by atoms with Gasteiger partial charge in [0.05, 0.1) is 58.9 Å². The molecule has 3 amide bonds. The summed E-state index contributed by atoms with van der Waals surface area (Å²) in [7, 11) is -9.02. The first-order valence-corrected chi connectivity index (χ1v) is 54.7. The minimum Gasteiger partial charge on any atom is -0.481 e. The lowest BCUT2D eigenvalue weighted by molar-refractivity contribution is -0.161. The fourth-order valence-corrected chi connectivity index (χ4v) is 15.0. The Hall–Kier alpha value is -6.33. The Labute approximate surface area is 815 Å². The van der Waals surface area contributed by atoms with Crippen molar-refractivity contribution in [2.45, 2.75) is 472 Å². The second-order valence-electron chi connectivity index (χ2n) is 35.6. The second-order valence-corrected chi connectivity index (χ2v) is 38.5. The van der Waals surface area contributed by atoms with E-state index in [9.17, 15) is 71.7 Å². The molecule has 0 aliphatic heterocycles. The number of allylic oxidation sites excluding steroid dienone is 8. The predicted molar refractivity (Wildman–Crippen MR) is 538 cm³/mol. The Bertz CT molecular complexity index is 3170. The highest BCUT2D eigenvalue weighted by atomic mass is 31.2. The Morgan fingerprint density at radius 2 is 0.593 bits per heavy atom. The first-order valence-electron chi connectivity index (χ1n) is 51.7. The number of esters is 5. The molecule has 0 fully saturated rings. The molecule has 135 heavy (non-hydrogen) atoms.